The van der Waals surface area contributed by atoms with Gasteiger partial charge in [-0.05, 0) is 55.3 Å². The number of hydrogen-bond donors (Lipinski definition) is 2. The maximum absolute atomic E-state index is 15.1. The van der Waals surface area contributed by atoms with Crippen molar-refractivity contribution in [2.45, 2.75) is 13.3 Å². The van der Waals surface area contributed by atoms with Crippen molar-refractivity contribution in [2.75, 3.05) is 63.3 Å². The van der Waals surface area contributed by atoms with E-state index >= 15 is 4.39 Å². The van der Waals surface area contributed by atoms with Crippen LogP contribution >= 0.6 is 11.6 Å². The molecule has 2 N–H and O–H groups in total. The molecule has 10 nitrogen and oxygen atoms in total. The Morgan fingerprint density at radius 2 is 1.82 bits per heavy atom. The van der Waals surface area contributed by atoms with Crippen LogP contribution in [-0.2, 0) is 4.74 Å². The lowest BCUT2D eigenvalue weighted by Gasteiger charge is -2.26. The minimum atomic E-state index is -0.669. The first-order valence-corrected chi connectivity index (χ1v) is 14.8. The zero-order valence-electron chi connectivity index (χ0n) is 24.2. The Morgan fingerprint density at radius 1 is 1.00 bits per heavy atom. The van der Waals surface area contributed by atoms with Crippen LogP contribution in [0.3, 0.4) is 0 Å². The third-order valence-corrected chi connectivity index (χ3v) is 7.68. The Balaban J connectivity index is 1.16. The Bertz CT molecular complexity index is 1670. The molecule has 0 saturated carbocycles. The van der Waals surface area contributed by atoms with Crippen LogP contribution in [0.2, 0.25) is 5.02 Å². The molecule has 1 fully saturated rings. The normalized spacial score (nSPS) is 14.7. The van der Waals surface area contributed by atoms with Crippen molar-refractivity contribution in [1.82, 2.24) is 9.88 Å². The number of nitrogens with zero attached hydrogens (tertiary/aromatic N) is 2. The summed E-state index contributed by atoms with van der Waals surface area (Å²) in [6.45, 7) is 7.36. The molecule has 2 amide bonds. The van der Waals surface area contributed by atoms with Crippen molar-refractivity contribution < 1.29 is 32.9 Å². The molecular weight excluding hydrogens is 591 g/mol. The van der Waals surface area contributed by atoms with Crippen LogP contribution in [0.1, 0.15) is 12.0 Å². The van der Waals surface area contributed by atoms with Crippen molar-refractivity contribution in [2.24, 2.45) is 0 Å². The second kappa shape index (κ2) is 13.5. The molecule has 0 unspecified atom stereocenters. The van der Waals surface area contributed by atoms with Crippen LogP contribution in [-0.4, -0.2) is 68.6 Å². The molecule has 3 heterocycles. The number of amides is 2. The molecule has 230 valence electrons. The lowest BCUT2D eigenvalue weighted by molar-refractivity contribution is 0.0357. The number of hydrogen-bond acceptors (Lipinski definition) is 8. The number of nitrogens with one attached hydrogen (secondary N) is 2. The second-order valence-electron chi connectivity index (χ2n) is 10.4. The maximum atomic E-state index is 15.1. The zero-order chi connectivity index (χ0) is 30.5. The van der Waals surface area contributed by atoms with Gasteiger partial charge in [-0.2, -0.15) is 0 Å². The van der Waals surface area contributed by atoms with E-state index in [2.05, 4.69) is 20.5 Å². The van der Waals surface area contributed by atoms with E-state index in [0.717, 1.165) is 44.8 Å². The van der Waals surface area contributed by atoms with Crippen LogP contribution in [0.5, 0.6) is 28.7 Å². The highest BCUT2D eigenvalue weighted by atomic mass is 35.5. The van der Waals surface area contributed by atoms with Gasteiger partial charge in [-0.25, -0.2) is 9.18 Å². The monoisotopic (exact) mass is 622 g/mol. The first kappa shape index (κ1) is 29.7. The number of aryl methyl sites for hydroxylation is 1. The van der Waals surface area contributed by atoms with E-state index in [1.54, 1.807) is 42.6 Å². The van der Waals surface area contributed by atoms with E-state index in [4.69, 9.17) is 35.3 Å². The molecule has 12 heteroatoms. The molecule has 6 rings (SSSR count). The van der Waals surface area contributed by atoms with Gasteiger partial charge in [0, 0.05) is 48.7 Å². The van der Waals surface area contributed by atoms with Crippen LogP contribution < -0.4 is 29.6 Å². The molecule has 44 heavy (non-hydrogen) atoms. The number of aromatic nitrogens is 1. The standard InChI is InChI=1S/C32H32ClFN4O6/c1-20-17-21(3-5-23(20)33)36-32(39)37-25-6-4-22(18-24(25)34)44-27-7-8-35-26-19-28(30-31(29(26)27)43-16-15-42-30)41-12-2-9-38-10-13-40-14-11-38/h3-8,17-19H,2,9-16H2,1H3,(H2,36,37,39). The van der Waals surface area contributed by atoms with Crippen LogP contribution in [0.25, 0.3) is 10.9 Å². The Kier molecular flexibility index (Phi) is 9.15. The number of benzene rings is 3. The number of ether oxygens (including phenoxy) is 5. The maximum Gasteiger partial charge on any atom is 0.323 e. The first-order valence-electron chi connectivity index (χ1n) is 14.4. The number of pyridine rings is 1. The predicted octanol–water partition coefficient (Wildman–Crippen LogP) is 6.64. The zero-order valence-corrected chi connectivity index (χ0v) is 24.9. The van der Waals surface area contributed by atoms with Crippen LogP contribution in [0.4, 0.5) is 20.6 Å². The summed E-state index contributed by atoms with van der Waals surface area (Å²) in [7, 11) is 0. The average molecular weight is 623 g/mol. The highest BCUT2D eigenvalue weighted by Gasteiger charge is 2.25. The quantitative estimate of drug-likeness (QED) is 0.200. The minimum Gasteiger partial charge on any atom is -0.489 e. The molecule has 0 spiro atoms. The average Bonchev–Trinajstić information content (AvgIpc) is 3.03. The number of morpholine rings is 1. The molecule has 1 saturated heterocycles. The first-order chi connectivity index (χ1) is 21.4. The van der Waals surface area contributed by atoms with E-state index in [0.29, 0.717) is 64.4 Å². The van der Waals surface area contributed by atoms with Gasteiger partial charge >= 0.3 is 6.03 Å². The molecule has 0 aliphatic carbocycles. The number of urea groups is 1. The fourth-order valence-electron chi connectivity index (χ4n) is 5.06. The summed E-state index contributed by atoms with van der Waals surface area (Å²) in [5.41, 5.74) is 1.92. The number of rotatable bonds is 9. The smallest absolute Gasteiger partial charge is 0.323 e. The van der Waals surface area contributed by atoms with Crippen molar-refractivity contribution in [1.29, 1.82) is 0 Å². The molecule has 2 aliphatic heterocycles. The van der Waals surface area contributed by atoms with E-state index in [9.17, 15) is 4.79 Å². The molecule has 0 bridgehead atoms. The Labute approximate surface area is 259 Å². The van der Waals surface area contributed by atoms with Gasteiger partial charge in [0.15, 0.2) is 11.5 Å². The molecule has 1 aromatic heterocycles. The summed E-state index contributed by atoms with van der Waals surface area (Å²) in [6, 6.07) is 12.1. The third kappa shape index (κ3) is 6.91. The predicted molar refractivity (Wildman–Crippen MR) is 165 cm³/mol. The number of anilines is 2. The van der Waals surface area contributed by atoms with Crippen LogP contribution in [0.15, 0.2) is 54.7 Å². The summed E-state index contributed by atoms with van der Waals surface area (Å²) in [5, 5.41) is 6.36. The Hall–Kier alpha value is -4.32. The fraction of sp³-hybridized carbons (Fsp3) is 0.312. The molecule has 4 aromatic rings. The van der Waals surface area contributed by atoms with Gasteiger partial charge in [-0.3, -0.25) is 9.88 Å². The van der Waals surface area contributed by atoms with Crippen molar-refractivity contribution in [3.05, 3.63) is 71.1 Å². The van der Waals surface area contributed by atoms with Gasteiger partial charge < -0.3 is 34.3 Å². The van der Waals surface area contributed by atoms with E-state index in [1.807, 2.05) is 6.92 Å². The largest absolute Gasteiger partial charge is 0.489 e. The van der Waals surface area contributed by atoms with Gasteiger partial charge in [-0.15, -0.1) is 0 Å². The topological polar surface area (TPSA) is 103 Å². The fourth-order valence-corrected chi connectivity index (χ4v) is 5.17. The Morgan fingerprint density at radius 3 is 2.61 bits per heavy atom. The van der Waals surface area contributed by atoms with Crippen LogP contribution in [0, 0.1) is 12.7 Å². The third-order valence-electron chi connectivity index (χ3n) is 7.26. The van der Waals surface area contributed by atoms with Gasteiger partial charge in [0.1, 0.15) is 30.5 Å². The molecule has 3 aromatic carbocycles. The number of carbonyl (C=O) groups is 1. The van der Waals surface area contributed by atoms with Crippen molar-refractivity contribution in [3.8, 4) is 28.7 Å². The highest BCUT2D eigenvalue weighted by Crippen LogP contribution is 2.48. The summed E-state index contributed by atoms with van der Waals surface area (Å²) < 4.78 is 44.7. The van der Waals surface area contributed by atoms with E-state index < -0.39 is 11.8 Å². The summed E-state index contributed by atoms with van der Waals surface area (Å²) in [4.78, 5) is 19.3. The molecule has 2 aliphatic rings. The van der Waals surface area contributed by atoms with Crippen molar-refractivity contribution >= 4 is 39.9 Å². The lowest BCUT2D eigenvalue weighted by Crippen LogP contribution is -2.37. The van der Waals surface area contributed by atoms with Crippen molar-refractivity contribution in [3.63, 3.8) is 0 Å². The SMILES string of the molecule is Cc1cc(NC(=O)Nc2ccc(Oc3ccnc4cc(OCCCN5CCOCC5)c5c(c34)OCCO5)cc2F)ccc1Cl. The van der Waals surface area contributed by atoms with Gasteiger partial charge in [0.05, 0.1) is 36.4 Å². The van der Waals surface area contributed by atoms with Gasteiger partial charge in [0.25, 0.3) is 0 Å². The molecular formula is C32H32ClFN4O6. The summed E-state index contributed by atoms with van der Waals surface area (Å²) >= 11 is 6.04. The van der Waals surface area contributed by atoms with E-state index in [-0.39, 0.29) is 11.4 Å². The van der Waals surface area contributed by atoms with Gasteiger partial charge in [-0.1, -0.05) is 11.6 Å². The highest BCUT2D eigenvalue weighted by molar-refractivity contribution is 6.31. The number of fused-ring (bicyclic) bond motifs is 3. The lowest BCUT2D eigenvalue weighted by atomic mass is 10.1. The molecule has 0 radical (unpaired) electrons. The minimum absolute atomic E-state index is 0.00959. The second-order valence-corrected chi connectivity index (χ2v) is 10.8. The summed E-state index contributed by atoms with van der Waals surface area (Å²) in [6.07, 6.45) is 2.45. The van der Waals surface area contributed by atoms with Gasteiger partial charge in [0.2, 0.25) is 5.75 Å². The molecule has 0 atom stereocenters. The summed E-state index contributed by atoms with van der Waals surface area (Å²) in [5.74, 6) is 1.47. The van der Waals surface area contributed by atoms with E-state index in [1.165, 1.54) is 12.1 Å². The number of halogens is 2. The number of carbonyl (C=O) groups excluding carboxylic acids is 1.